The summed E-state index contributed by atoms with van der Waals surface area (Å²) in [5.74, 6) is 0.285. The molecular formula is C15H20N4O6. The third-order valence-corrected chi connectivity index (χ3v) is 3.95. The maximum Gasteiger partial charge on any atom is 0.508 e. The molecule has 2 aromatic rings. The van der Waals surface area contributed by atoms with E-state index in [2.05, 4.69) is 10.1 Å². The molecule has 0 aliphatic carbocycles. The molecule has 0 spiro atoms. The lowest BCUT2D eigenvalue weighted by Gasteiger charge is -2.14. The van der Waals surface area contributed by atoms with Crippen LogP contribution in [0.4, 0.5) is 10.6 Å². The van der Waals surface area contributed by atoms with Crippen LogP contribution in [0.1, 0.15) is 25.1 Å². The average molecular weight is 352 g/mol. The summed E-state index contributed by atoms with van der Waals surface area (Å²) in [7, 11) is 0. The zero-order chi connectivity index (χ0) is 18.0. The second kappa shape index (κ2) is 7.21. The topological polar surface area (TPSA) is 141 Å². The molecule has 0 radical (unpaired) electrons. The van der Waals surface area contributed by atoms with Gasteiger partial charge >= 0.3 is 6.16 Å². The van der Waals surface area contributed by atoms with Crippen molar-refractivity contribution in [2.75, 3.05) is 18.9 Å². The molecular weight excluding hydrogens is 332 g/mol. The molecule has 10 nitrogen and oxygen atoms in total. The molecule has 4 N–H and O–H groups in total. The number of aliphatic hydroxyl groups excluding tert-OH is 2. The van der Waals surface area contributed by atoms with Crippen LogP contribution < -0.4 is 5.73 Å². The summed E-state index contributed by atoms with van der Waals surface area (Å²) >= 11 is 0. The number of carbonyl (C=O) groups excluding carboxylic acids is 1. The highest BCUT2D eigenvalue weighted by atomic mass is 16.7. The molecule has 0 amide bonds. The van der Waals surface area contributed by atoms with E-state index in [1.165, 1.54) is 10.8 Å². The van der Waals surface area contributed by atoms with Crippen molar-refractivity contribution in [2.45, 2.75) is 37.8 Å². The monoisotopic (exact) mass is 352 g/mol. The Hall–Kier alpha value is -2.43. The van der Waals surface area contributed by atoms with Gasteiger partial charge in [-0.05, 0) is 18.6 Å². The summed E-state index contributed by atoms with van der Waals surface area (Å²) in [5, 5.41) is 24.6. The number of hydrogen-bond donors (Lipinski definition) is 3. The number of nitrogens with zero attached hydrogens (tertiary/aromatic N) is 3. The van der Waals surface area contributed by atoms with Gasteiger partial charge in [0.15, 0.2) is 5.82 Å². The van der Waals surface area contributed by atoms with Crippen molar-refractivity contribution in [3.8, 4) is 0 Å². The summed E-state index contributed by atoms with van der Waals surface area (Å²) in [6.45, 7) is 1.86. The summed E-state index contributed by atoms with van der Waals surface area (Å²) in [4.78, 5) is 15.3. The van der Waals surface area contributed by atoms with E-state index in [0.29, 0.717) is 17.6 Å². The van der Waals surface area contributed by atoms with Crippen LogP contribution in [-0.4, -0.2) is 62.5 Å². The van der Waals surface area contributed by atoms with Crippen molar-refractivity contribution in [1.82, 2.24) is 14.6 Å². The highest BCUT2D eigenvalue weighted by Crippen LogP contribution is 2.34. The first kappa shape index (κ1) is 17.4. The van der Waals surface area contributed by atoms with E-state index >= 15 is 0 Å². The van der Waals surface area contributed by atoms with Gasteiger partial charge in [-0.25, -0.2) is 14.3 Å². The molecule has 0 unspecified atom stereocenters. The van der Waals surface area contributed by atoms with Crippen molar-refractivity contribution in [3.63, 3.8) is 0 Å². The number of carbonyl (C=O) groups is 1. The molecule has 1 aliphatic heterocycles. The van der Waals surface area contributed by atoms with Gasteiger partial charge in [-0.15, -0.1) is 0 Å². The number of nitrogen functional groups attached to an aromatic ring is 1. The minimum atomic E-state index is -1.23. The summed E-state index contributed by atoms with van der Waals surface area (Å²) in [5.41, 5.74) is 6.85. The van der Waals surface area contributed by atoms with Gasteiger partial charge in [0, 0.05) is 0 Å². The lowest BCUT2D eigenvalue weighted by molar-refractivity contribution is -0.0421. The van der Waals surface area contributed by atoms with Crippen LogP contribution in [0, 0.1) is 0 Å². The molecule has 1 saturated heterocycles. The predicted molar refractivity (Wildman–Crippen MR) is 84.6 cm³/mol. The number of rotatable bonds is 5. The minimum Gasteiger partial charge on any atom is -0.434 e. The Kier molecular flexibility index (Phi) is 5.02. The number of ether oxygens (including phenoxy) is 3. The fourth-order valence-electron chi connectivity index (χ4n) is 2.70. The van der Waals surface area contributed by atoms with Gasteiger partial charge in [-0.3, -0.25) is 0 Å². The van der Waals surface area contributed by atoms with Gasteiger partial charge in [0.05, 0.1) is 12.3 Å². The number of nitrogens with two attached hydrogens (primary N) is 1. The van der Waals surface area contributed by atoms with Crippen LogP contribution in [0.5, 0.6) is 0 Å². The normalized spacial score (nSPS) is 26.0. The SMILES string of the molecule is CCCOC(=O)OC[C@H]1O[C@@H](c2ccc3c(N)ncnn23)[C@H](O)[C@@H]1O. The Morgan fingerprint density at radius 1 is 1.36 bits per heavy atom. The van der Waals surface area contributed by atoms with Gasteiger partial charge in [-0.1, -0.05) is 6.92 Å². The Bertz CT molecular complexity index is 751. The molecule has 1 fully saturated rings. The highest BCUT2D eigenvalue weighted by molar-refractivity contribution is 5.65. The molecule has 4 atom stereocenters. The summed E-state index contributed by atoms with van der Waals surface area (Å²) in [6.07, 6.45) is -3.07. The average Bonchev–Trinajstić information content (AvgIpc) is 3.15. The van der Waals surface area contributed by atoms with Crippen molar-refractivity contribution in [1.29, 1.82) is 0 Å². The van der Waals surface area contributed by atoms with Gasteiger partial charge in [0.1, 0.15) is 42.9 Å². The van der Waals surface area contributed by atoms with Crippen LogP contribution in [0.15, 0.2) is 18.5 Å². The lowest BCUT2D eigenvalue weighted by Crippen LogP contribution is -2.34. The first-order valence-corrected chi connectivity index (χ1v) is 7.92. The predicted octanol–water partition coefficient (Wildman–Crippen LogP) is 0.0364. The van der Waals surface area contributed by atoms with Crippen LogP contribution in [0.3, 0.4) is 0 Å². The lowest BCUT2D eigenvalue weighted by atomic mass is 10.1. The van der Waals surface area contributed by atoms with E-state index in [4.69, 9.17) is 19.9 Å². The number of anilines is 1. The molecule has 10 heteroatoms. The summed E-state index contributed by atoms with van der Waals surface area (Å²) < 4.78 is 16.9. The maximum absolute atomic E-state index is 11.4. The first-order chi connectivity index (χ1) is 12.0. The molecule has 0 aromatic carbocycles. The van der Waals surface area contributed by atoms with E-state index in [9.17, 15) is 15.0 Å². The van der Waals surface area contributed by atoms with Gasteiger partial charge < -0.3 is 30.2 Å². The molecule has 136 valence electrons. The van der Waals surface area contributed by atoms with Gasteiger partial charge in [0.25, 0.3) is 0 Å². The Morgan fingerprint density at radius 3 is 2.92 bits per heavy atom. The standard InChI is InChI=1S/C15H20N4O6/c1-2-5-23-15(22)24-6-10-11(20)12(21)13(25-10)8-3-4-9-14(16)17-7-18-19(8)9/h3-4,7,10-13,20-21H,2,5-6H2,1H3,(H2,16,17,18)/t10-,11-,12-,13+/m1/s1. The third-order valence-electron chi connectivity index (χ3n) is 3.95. The molecule has 25 heavy (non-hydrogen) atoms. The molecule has 0 saturated carbocycles. The van der Waals surface area contributed by atoms with Crippen LogP contribution in [0.25, 0.3) is 5.52 Å². The molecule has 1 aliphatic rings. The molecule has 0 bridgehead atoms. The van der Waals surface area contributed by atoms with E-state index < -0.39 is 30.6 Å². The van der Waals surface area contributed by atoms with E-state index in [1.807, 2.05) is 6.92 Å². The number of hydrogen-bond acceptors (Lipinski definition) is 9. The maximum atomic E-state index is 11.4. The minimum absolute atomic E-state index is 0.238. The van der Waals surface area contributed by atoms with E-state index in [-0.39, 0.29) is 19.0 Å². The molecule has 3 heterocycles. The van der Waals surface area contributed by atoms with Crippen LogP contribution in [-0.2, 0) is 14.2 Å². The molecule has 3 rings (SSSR count). The van der Waals surface area contributed by atoms with Gasteiger partial charge in [-0.2, -0.15) is 5.10 Å². The van der Waals surface area contributed by atoms with Crippen LogP contribution in [0.2, 0.25) is 0 Å². The third kappa shape index (κ3) is 3.36. The smallest absolute Gasteiger partial charge is 0.434 e. The fraction of sp³-hybridized carbons (Fsp3) is 0.533. The quantitative estimate of drug-likeness (QED) is 0.636. The van der Waals surface area contributed by atoms with Crippen LogP contribution >= 0.6 is 0 Å². The van der Waals surface area contributed by atoms with Crippen molar-refractivity contribution in [3.05, 3.63) is 24.2 Å². The first-order valence-electron chi connectivity index (χ1n) is 7.92. The van der Waals surface area contributed by atoms with E-state index in [0.717, 1.165) is 0 Å². The van der Waals surface area contributed by atoms with Crippen molar-refractivity contribution in [2.24, 2.45) is 0 Å². The fourth-order valence-corrected chi connectivity index (χ4v) is 2.70. The van der Waals surface area contributed by atoms with Crippen molar-refractivity contribution >= 4 is 17.5 Å². The second-order valence-corrected chi connectivity index (χ2v) is 5.69. The Balaban J connectivity index is 1.71. The summed E-state index contributed by atoms with van der Waals surface area (Å²) in [6, 6.07) is 3.37. The number of fused-ring (bicyclic) bond motifs is 1. The largest absolute Gasteiger partial charge is 0.508 e. The second-order valence-electron chi connectivity index (χ2n) is 5.69. The number of aromatic nitrogens is 3. The number of aliphatic hydroxyl groups is 2. The zero-order valence-electron chi connectivity index (χ0n) is 13.6. The highest BCUT2D eigenvalue weighted by Gasteiger charge is 2.45. The Morgan fingerprint density at radius 2 is 2.16 bits per heavy atom. The van der Waals surface area contributed by atoms with E-state index in [1.54, 1.807) is 12.1 Å². The van der Waals surface area contributed by atoms with Crippen molar-refractivity contribution < 1.29 is 29.2 Å². The zero-order valence-corrected chi connectivity index (χ0v) is 13.6. The van der Waals surface area contributed by atoms with Gasteiger partial charge in [0.2, 0.25) is 0 Å². The molecule has 2 aromatic heterocycles. The Labute approximate surface area is 143 Å².